The molecule has 1 heterocycles. The Morgan fingerprint density at radius 2 is 2.33 bits per heavy atom. The largest absolute Gasteiger partial charge is 0.303 e. The van der Waals surface area contributed by atoms with Gasteiger partial charge in [0, 0.05) is 7.05 Å². The van der Waals surface area contributed by atoms with Crippen LogP contribution in [0.2, 0.25) is 0 Å². The van der Waals surface area contributed by atoms with Crippen molar-refractivity contribution in [3.05, 3.63) is 0 Å². The third kappa shape index (κ3) is 2.15. The lowest BCUT2D eigenvalue weighted by Gasteiger charge is -2.10. The summed E-state index contributed by atoms with van der Waals surface area (Å²) < 4.78 is 0. The third-order valence-electron chi connectivity index (χ3n) is 1.55. The minimum atomic E-state index is 0.0770. The molecule has 1 N–H and O–H groups in total. The molecule has 4 heteroatoms. The first kappa shape index (κ1) is 8.90. The van der Waals surface area contributed by atoms with Gasteiger partial charge in [0.2, 0.25) is 12.2 Å². The van der Waals surface area contributed by atoms with Gasteiger partial charge in [-0.15, -0.1) is 0 Å². The molecular formula is C8H14N3O+. The number of nitrogens with one attached hydrogen (secondary N) is 1. The average molecular weight is 168 g/mol. The van der Waals surface area contributed by atoms with Crippen LogP contribution >= 0.6 is 0 Å². The van der Waals surface area contributed by atoms with Crippen LogP contribution in [-0.2, 0) is 4.79 Å². The van der Waals surface area contributed by atoms with Crippen LogP contribution in [0.3, 0.4) is 0 Å². The smallest absolute Gasteiger partial charge is 0.285 e. The fraction of sp³-hybridized carbons (Fsp3) is 0.625. The van der Waals surface area contributed by atoms with E-state index >= 15 is 0 Å². The van der Waals surface area contributed by atoms with Crippen LogP contribution in [0.1, 0.15) is 20.3 Å². The van der Waals surface area contributed by atoms with Crippen molar-refractivity contribution in [3.8, 4) is 0 Å². The zero-order valence-corrected chi connectivity index (χ0v) is 7.66. The molecule has 0 atom stereocenters. The molecule has 0 aromatic rings. The van der Waals surface area contributed by atoms with Crippen molar-refractivity contribution in [3.63, 3.8) is 0 Å². The maximum atomic E-state index is 11.2. The van der Waals surface area contributed by atoms with Gasteiger partial charge in [-0.05, 0) is 18.8 Å². The van der Waals surface area contributed by atoms with E-state index in [-0.39, 0.29) is 5.91 Å². The maximum absolute atomic E-state index is 11.2. The van der Waals surface area contributed by atoms with Crippen LogP contribution < -0.4 is 4.99 Å². The Balaban J connectivity index is 2.73. The molecule has 0 fully saturated rings. The molecule has 1 aliphatic rings. The molecule has 1 amide bonds. The molecule has 66 valence electrons. The molecule has 0 aromatic carbocycles. The van der Waals surface area contributed by atoms with Crippen molar-refractivity contribution < 1.29 is 9.79 Å². The molecule has 0 bridgehead atoms. The molecule has 1 aliphatic heterocycles. The number of aliphatic imine (C=N–C) groups is 1. The minimum absolute atomic E-state index is 0.0770. The Labute approximate surface area is 72.0 Å². The standard InChI is InChI=1S/C8H13N3O/c1-6(2)10-7-4-8(12)11(3)5-9-7/h5-6H,4H2,1-3H3/p+1. The molecule has 12 heavy (non-hydrogen) atoms. The van der Waals surface area contributed by atoms with E-state index in [4.69, 9.17) is 0 Å². The van der Waals surface area contributed by atoms with Crippen molar-refractivity contribution in [2.45, 2.75) is 26.3 Å². The summed E-state index contributed by atoms with van der Waals surface area (Å²) in [5.74, 6) is 0.834. The average Bonchev–Trinajstić information content (AvgIpc) is 1.96. The van der Waals surface area contributed by atoms with Gasteiger partial charge >= 0.3 is 5.84 Å². The number of nitrogens with zero attached hydrogens (tertiary/aromatic N) is 2. The first-order valence-corrected chi connectivity index (χ1v) is 4.02. The lowest BCUT2D eigenvalue weighted by Crippen LogP contribution is -2.78. The summed E-state index contributed by atoms with van der Waals surface area (Å²) in [5, 5.41) is 0. The molecule has 4 nitrogen and oxygen atoms in total. The Hall–Kier alpha value is -1.19. The molecular weight excluding hydrogens is 154 g/mol. The summed E-state index contributed by atoms with van der Waals surface area (Å²) in [4.78, 5) is 19.8. The molecule has 0 saturated carbocycles. The van der Waals surface area contributed by atoms with Crippen molar-refractivity contribution >= 4 is 18.1 Å². The molecule has 0 unspecified atom stereocenters. The van der Waals surface area contributed by atoms with E-state index in [1.54, 1.807) is 7.05 Å². The number of rotatable bonds is 1. The fourth-order valence-corrected chi connectivity index (χ4v) is 0.956. The monoisotopic (exact) mass is 168 g/mol. The number of hydrogen-bond acceptors (Lipinski definition) is 1. The second kappa shape index (κ2) is 3.47. The second-order valence-electron chi connectivity index (χ2n) is 3.17. The van der Waals surface area contributed by atoms with Crippen LogP contribution in [0.25, 0.3) is 0 Å². The normalized spacial score (nSPS) is 21.2. The van der Waals surface area contributed by atoms with E-state index in [0.29, 0.717) is 12.5 Å². The van der Waals surface area contributed by atoms with Crippen molar-refractivity contribution in [2.24, 2.45) is 4.99 Å². The second-order valence-corrected chi connectivity index (χ2v) is 3.17. The van der Waals surface area contributed by atoms with E-state index in [2.05, 4.69) is 9.98 Å². The maximum Gasteiger partial charge on any atom is 0.303 e. The number of carbonyl (C=O) groups excluding carboxylic acids is 1. The summed E-state index contributed by atoms with van der Waals surface area (Å²) in [6.45, 7) is 4.04. The van der Waals surface area contributed by atoms with Crippen LogP contribution in [-0.4, -0.2) is 36.1 Å². The highest BCUT2D eigenvalue weighted by molar-refractivity contribution is 6.07. The van der Waals surface area contributed by atoms with Crippen LogP contribution in [0.5, 0.6) is 0 Å². The SMILES string of the molecule is CC(C)[NH+]=C1CC(=O)N(C)C=N1. The highest BCUT2D eigenvalue weighted by Crippen LogP contribution is 1.95. The molecule has 0 radical (unpaired) electrons. The molecule has 0 spiro atoms. The van der Waals surface area contributed by atoms with Gasteiger partial charge < -0.3 is 0 Å². The Bertz CT molecular complexity index is 243. The van der Waals surface area contributed by atoms with E-state index in [9.17, 15) is 4.79 Å². The fourth-order valence-electron chi connectivity index (χ4n) is 0.956. The summed E-state index contributed by atoms with van der Waals surface area (Å²) in [6, 6.07) is 0.327. The molecule has 1 rings (SSSR count). The molecule has 0 aromatic heterocycles. The summed E-state index contributed by atoms with van der Waals surface area (Å²) in [7, 11) is 1.71. The highest BCUT2D eigenvalue weighted by Gasteiger charge is 2.21. The zero-order chi connectivity index (χ0) is 9.14. The Kier molecular flexibility index (Phi) is 2.58. The molecule has 0 aliphatic carbocycles. The predicted octanol–water partition coefficient (Wildman–Crippen LogP) is -1.24. The van der Waals surface area contributed by atoms with Crippen molar-refractivity contribution in [2.75, 3.05) is 7.05 Å². The predicted molar refractivity (Wildman–Crippen MR) is 47.0 cm³/mol. The number of hydrogen-bond donors (Lipinski definition) is 1. The van der Waals surface area contributed by atoms with E-state index in [1.165, 1.54) is 11.2 Å². The number of amidine groups is 1. The summed E-state index contributed by atoms with van der Waals surface area (Å²) in [6.07, 6.45) is 1.92. The van der Waals surface area contributed by atoms with Gasteiger partial charge in [-0.2, -0.15) is 0 Å². The summed E-state index contributed by atoms with van der Waals surface area (Å²) in [5.41, 5.74) is 0. The molecule has 0 saturated heterocycles. The number of carbonyl (C=O) groups is 1. The van der Waals surface area contributed by atoms with Gasteiger partial charge in [-0.25, -0.2) is 0 Å². The zero-order valence-electron chi connectivity index (χ0n) is 7.66. The van der Waals surface area contributed by atoms with Gasteiger partial charge in [-0.3, -0.25) is 14.7 Å². The lowest BCUT2D eigenvalue weighted by molar-refractivity contribution is -0.495. The Morgan fingerprint density at radius 3 is 2.83 bits per heavy atom. The van der Waals surface area contributed by atoms with Gasteiger partial charge in [0.15, 0.2) is 0 Å². The quantitative estimate of drug-likeness (QED) is 0.523. The van der Waals surface area contributed by atoms with Gasteiger partial charge in [0.1, 0.15) is 6.42 Å². The van der Waals surface area contributed by atoms with E-state index in [1.807, 2.05) is 13.8 Å². The van der Waals surface area contributed by atoms with Crippen LogP contribution in [0, 0.1) is 0 Å². The minimum Gasteiger partial charge on any atom is -0.285 e. The van der Waals surface area contributed by atoms with Gasteiger partial charge in [0.25, 0.3) is 0 Å². The third-order valence-corrected chi connectivity index (χ3v) is 1.55. The van der Waals surface area contributed by atoms with Crippen LogP contribution in [0.15, 0.2) is 4.99 Å². The first-order valence-electron chi connectivity index (χ1n) is 4.02. The first-order chi connectivity index (χ1) is 5.59. The highest BCUT2D eigenvalue weighted by atomic mass is 16.2. The van der Waals surface area contributed by atoms with Gasteiger partial charge in [-0.1, -0.05) is 0 Å². The van der Waals surface area contributed by atoms with Crippen molar-refractivity contribution in [1.29, 1.82) is 0 Å². The van der Waals surface area contributed by atoms with E-state index in [0.717, 1.165) is 5.84 Å². The van der Waals surface area contributed by atoms with Crippen LogP contribution in [0.4, 0.5) is 0 Å². The Morgan fingerprint density at radius 1 is 1.67 bits per heavy atom. The van der Waals surface area contributed by atoms with Gasteiger partial charge in [0.05, 0.1) is 6.04 Å². The summed E-state index contributed by atoms with van der Waals surface area (Å²) >= 11 is 0. The van der Waals surface area contributed by atoms with Crippen molar-refractivity contribution in [1.82, 2.24) is 4.90 Å². The number of amides is 1. The topological polar surface area (TPSA) is 46.6 Å². The lowest BCUT2D eigenvalue weighted by atomic mass is 10.3. The van der Waals surface area contributed by atoms with E-state index < -0.39 is 0 Å².